The highest BCUT2D eigenvalue weighted by Gasteiger charge is 2.28. The van der Waals surface area contributed by atoms with E-state index in [2.05, 4.69) is 35.6 Å². The number of anilines is 1. The van der Waals surface area contributed by atoms with Crippen LogP contribution in [0.3, 0.4) is 0 Å². The first-order valence-corrected chi connectivity index (χ1v) is 12.5. The van der Waals surface area contributed by atoms with Gasteiger partial charge in [0.15, 0.2) is 5.82 Å². The van der Waals surface area contributed by atoms with E-state index in [9.17, 15) is 4.39 Å². The van der Waals surface area contributed by atoms with Crippen molar-refractivity contribution in [3.8, 4) is 17.0 Å². The lowest BCUT2D eigenvalue weighted by Gasteiger charge is -2.40. The number of pyridine rings is 2. The van der Waals surface area contributed by atoms with Gasteiger partial charge in [-0.1, -0.05) is 32.9 Å². The molecule has 1 fully saturated rings. The molecule has 0 radical (unpaired) electrons. The Morgan fingerprint density at radius 2 is 1.74 bits per heavy atom. The van der Waals surface area contributed by atoms with Crippen LogP contribution in [0.4, 0.5) is 14.5 Å². The van der Waals surface area contributed by atoms with E-state index in [0.717, 1.165) is 54.9 Å². The van der Waals surface area contributed by atoms with Crippen LogP contribution in [0.25, 0.3) is 11.1 Å². The summed E-state index contributed by atoms with van der Waals surface area (Å²) in [7, 11) is 0. The lowest BCUT2D eigenvalue weighted by molar-refractivity contribution is 0.279. The molecule has 0 bridgehead atoms. The van der Waals surface area contributed by atoms with Crippen molar-refractivity contribution < 1.29 is 13.5 Å². The van der Waals surface area contributed by atoms with E-state index < -0.39 is 5.82 Å². The number of hydrogen-bond donors (Lipinski definition) is 0. The first kappa shape index (κ1) is 25.1. The van der Waals surface area contributed by atoms with Crippen molar-refractivity contribution in [1.29, 1.82) is 0 Å². The molecule has 4 nitrogen and oxygen atoms in total. The molecule has 0 aliphatic carbocycles. The monoisotopic (exact) mass is 479 g/mol. The van der Waals surface area contributed by atoms with Gasteiger partial charge in [-0.05, 0) is 67.3 Å². The van der Waals surface area contributed by atoms with Crippen LogP contribution in [0, 0.1) is 30.9 Å². The van der Waals surface area contributed by atoms with E-state index in [1.807, 2.05) is 13.1 Å². The predicted molar refractivity (Wildman–Crippen MR) is 137 cm³/mol. The largest absolute Gasteiger partial charge is 0.475 e. The number of piperidine rings is 1. The van der Waals surface area contributed by atoms with Crippen LogP contribution < -0.4 is 9.64 Å². The zero-order valence-electron chi connectivity index (χ0n) is 21.4. The molecule has 0 spiro atoms. The highest BCUT2D eigenvalue weighted by molar-refractivity contribution is 5.81. The number of halogens is 2. The molecule has 0 atom stereocenters. The highest BCUT2D eigenvalue weighted by atomic mass is 19.1. The zero-order valence-corrected chi connectivity index (χ0v) is 21.4. The van der Waals surface area contributed by atoms with Gasteiger partial charge in [0.1, 0.15) is 5.82 Å². The topological polar surface area (TPSA) is 38.3 Å². The van der Waals surface area contributed by atoms with E-state index in [4.69, 9.17) is 4.74 Å². The second-order valence-electron chi connectivity index (χ2n) is 10.3. The molecule has 6 heteroatoms. The summed E-state index contributed by atoms with van der Waals surface area (Å²) in [6.45, 7) is 12.7. The zero-order chi connectivity index (χ0) is 25.2. The number of aryl methyl sites for hydroxylation is 2. The van der Waals surface area contributed by atoms with Crippen molar-refractivity contribution >= 4 is 5.69 Å². The number of ether oxygens (including phenoxy) is 1. The van der Waals surface area contributed by atoms with Crippen molar-refractivity contribution in [2.45, 2.75) is 60.3 Å². The average Bonchev–Trinajstić information content (AvgIpc) is 2.82. The summed E-state index contributed by atoms with van der Waals surface area (Å²) < 4.78 is 34.1. The fraction of sp³-hybridized carbons (Fsp3) is 0.448. The van der Waals surface area contributed by atoms with Crippen LogP contribution in [0.2, 0.25) is 0 Å². The highest BCUT2D eigenvalue weighted by Crippen LogP contribution is 2.40. The molecule has 1 aliphatic heterocycles. The van der Waals surface area contributed by atoms with Gasteiger partial charge in [0.05, 0.1) is 12.3 Å². The molecule has 0 amide bonds. The Morgan fingerprint density at radius 3 is 2.40 bits per heavy atom. The normalized spacial score (nSPS) is 15.3. The van der Waals surface area contributed by atoms with E-state index >= 15 is 4.39 Å². The van der Waals surface area contributed by atoms with Crippen LogP contribution in [0.1, 0.15) is 56.0 Å². The summed E-state index contributed by atoms with van der Waals surface area (Å²) in [6.07, 6.45) is 7.15. The first-order chi connectivity index (χ1) is 16.7. The fourth-order valence-corrected chi connectivity index (χ4v) is 4.77. The van der Waals surface area contributed by atoms with E-state index in [-0.39, 0.29) is 18.3 Å². The maximum Gasteiger partial charge on any atom is 0.250 e. The summed E-state index contributed by atoms with van der Waals surface area (Å²) >= 11 is 0. The first-order valence-electron chi connectivity index (χ1n) is 12.5. The quantitative estimate of drug-likeness (QED) is 0.371. The second-order valence-corrected chi connectivity index (χ2v) is 10.3. The summed E-state index contributed by atoms with van der Waals surface area (Å²) in [5.74, 6) is -0.755. The van der Waals surface area contributed by atoms with Crippen LogP contribution in [-0.4, -0.2) is 29.7 Å². The van der Waals surface area contributed by atoms with Gasteiger partial charge in [-0.2, -0.15) is 0 Å². The van der Waals surface area contributed by atoms with Gasteiger partial charge in [-0.15, -0.1) is 0 Å². The number of nitrogens with zero attached hydrogens (tertiary/aromatic N) is 3. The molecule has 0 unspecified atom stereocenters. The Hall–Kier alpha value is -3.02. The molecule has 1 saturated heterocycles. The van der Waals surface area contributed by atoms with Crippen LogP contribution in [0.5, 0.6) is 5.88 Å². The third-order valence-corrected chi connectivity index (χ3v) is 7.12. The average molecular weight is 480 g/mol. The molecule has 1 aliphatic rings. The Morgan fingerprint density at radius 1 is 1.00 bits per heavy atom. The number of hydrogen-bond acceptors (Lipinski definition) is 4. The summed E-state index contributed by atoms with van der Waals surface area (Å²) in [5.41, 5.74) is 6.84. The molecular formula is C29H35F2N3O. The minimum absolute atomic E-state index is 0.0235. The molecule has 186 valence electrons. The predicted octanol–water partition coefficient (Wildman–Crippen LogP) is 6.85. The number of rotatable bonds is 7. The molecule has 1 aromatic carbocycles. The van der Waals surface area contributed by atoms with Crippen LogP contribution in [-0.2, 0) is 12.8 Å². The Labute approximate surface area is 207 Å². The maximum absolute atomic E-state index is 15.0. The van der Waals surface area contributed by atoms with Crippen molar-refractivity contribution in [3.63, 3.8) is 0 Å². The smallest absolute Gasteiger partial charge is 0.250 e. The minimum Gasteiger partial charge on any atom is -0.475 e. The maximum atomic E-state index is 15.0. The van der Waals surface area contributed by atoms with Crippen molar-refractivity contribution in [2.24, 2.45) is 5.41 Å². The van der Waals surface area contributed by atoms with Gasteiger partial charge in [-0.25, -0.2) is 13.8 Å². The second kappa shape index (κ2) is 10.3. The third kappa shape index (κ3) is 5.63. The SMILES string of the molecule is CCc1c(C)ncc(-c2cnc(OCCc3ccc(F)c(C)c3)c(F)c2)c1N1CCC(C)(C)CC1. The molecule has 3 aromatic rings. The van der Waals surface area contributed by atoms with E-state index in [0.29, 0.717) is 23.0 Å². The van der Waals surface area contributed by atoms with Crippen molar-refractivity contribution in [3.05, 3.63) is 70.7 Å². The summed E-state index contributed by atoms with van der Waals surface area (Å²) in [4.78, 5) is 11.4. The lowest BCUT2D eigenvalue weighted by atomic mass is 9.82. The summed E-state index contributed by atoms with van der Waals surface area (Å²) in [6, 6.07) is 6.44. The number of benzene rings is 1. The molecule has 2 aromatic heterocycles. The van der Waals surface area contributed by atoms with E-state index in [1.54, 1.807) is 25.3 Å². The Bertz CT molecular complexity index is 1200. The Balaban J connectivity index is 1.56. The minimum atomic E-state index is -0.498. The standard InChI is InChI=1S/C29H35F2N3O/c1-6-23-20(3)32-18-24(27(23)34-12-10-29(4,5)11-13-34)22-16-26(31)28(33-17-22)35-14-9-21-7-8-25(30)19(2)15-21/h7-8,15-18H,6,9-14H2,1-5H3. The fourth-order valence-electron chi connectivity index (χ4n) is 4.77. The van der Waals surface area contributed by atoms with Gasteiger partial charge in [-0.3, -0.25) is 4.98 Å². The van der Waals surface area contributed by atoms with Gasteiger partial charge in [0, 0.05) is 48.7 Å². The third-order valence-electron chi connectivity index (χ3n) is 7.12. The van der Waals surface area contributed by atoms with Gasteiger partial charge >= 0.3 is 0 Å². The van der Waals surface area contributed by atoms with Gasteiger partial charge < -0.3 is 9.64 Å². The van der Waals surface area contributed by atoms with Gasteiger partial charge in [0.25, 0.3) is 0 Å². The van der Waals surface area contributed by atoms with Crippen LogP contribution in [0.15, 0.2) is 36.7 Å². The van der Waals surface area contributed by atoms with Gasteiger partial charge in [0.2, 0.25) is 5.88 Å². The molecular weight excluding hydrogens is 444 g/mol. The molecule has 4 rings (SSSR count). The van der Waals surface area contributed by atoms with Crippen molar-refractivity contribution in [2.75, 3.05) is 24.6 Å². The summed E-state index contributed by atoms with van der Waals surface area (Å²) in [5, 5.41) is 0. The molecule has 35 heavy (non-hydrogen) atoms. The molecule has 3 heterocycles. The molecule has 0 saturated carbocycles. The van der Waals surface area contributed by atoms with E-state index in [1.165, 1.54) is 17.7 Å². The Kier molecular flexibility index (Phi) is 7.39. The van der Waals surface area contributed by atoms with Crippen LogP contribution >= 0.6 is 0 Å². The lowest BCUT2D eigenvalue weighted by Crippen LogP contribution is -2.38. The van der Waals surface area contributed by atoms with Crippen molar-refractivity contribution in [1.82, 2.24) is 9.97 Å². The number of aromatic nitrogens is 2. The molecule has 0 N–H and O–H groups in total.